The molecule has 2 N–H and O–H groups in total. The zero-order valence-corrected chi connectivity index (χ0v) is 20.2. The molecule has 36 heavy (non-hydrogen) atoms. The number of hydrogen-bond acceptors (Lipinski definition) is 6. The maximum Gasteiger partial charge on any atom is 0.257 e. The summed E-state index contributed by atoms with van der Waals surface area (Å²) in [7, 11) is 0. The molecule has 184 valence electrons. The molecule has 0 spiro atoms. The van der Waals surface area contributed by atoms with Gasteiger partial charge in [-0.15, -0.1) is 0 Å². The van der Waals surface area contributed by atoms with E-state index in [1.54, 1.807) is 6.20 Å². The van der Waals surface area contributed by atoms with Crippen molar-refractivity contribution in [1.29, 1.82) is 0 Å². The minimum atomic E-state index is -0.665. The Morgan fingerprint density at radius 2 is 1.94 bits per heavy atom. The molecular weight excluding hydrogens is 456 g/mol. The highest BCUT2D eigenvalue weighted by molar-refractivity contribution is 6.02. The van der Waals surface area contributed by atoms with Crippen molar-refractivity contribution in [1.82, 2.24) is 14.9 Å². The third-order valence-corrected chi connectivity index (χ3v) is 6.59. The highest BCUT2D eigenvalue weighted by Crippen LogP contribution is 2.37. The number of amides is 1. The molecule has 4 aromatic rings. The van der Waals surface area contributed by atoms with Crippen LogP contribution in [0.5, 0.6) is 5.88 Å². The molecule has 8 heteroatoms. The molecule has 1 fully saturated rings. The van der Waals surface area contributed by atoms with E-state index in [2.05, 4.69) is 15.3 Å². The topological polar surface area (TPSA) is 88.7 Å². The third-order valence-electron chi connectivity index (χ3n) is 6.59. The lowest BCUT2D eigenvalue weighted by Gasteiger charge is -2.39. The molecule has 4 heterocycles. The van der Waals surface area contributed by atoms with Gasteiger partial charge in [0.2, 0.25) is 5.88 Å². The number of carbonyl (C=O) groups is 1. The molecule has 2 aliphatic rings. The number of pyridine rings is 1. The SMILES string of the molecule is CC1(C)OCC(CN2C(=O)c3ccccc3NC2c2c[nH]c3cnc(OCc4ccccc4)cc23)O1. The smallest absolute Gasteiger partial charge is 0.257 e. The first-order valence-electron chi connectivity index (χ1n) is 12.1. The number of nitrogens with one attached hydrogen (secondary N) is 2. The van der Waals surface area contributed by atoms with E-state index >= 15 is 0 Å². The fourth-order valence-corrected chi connectivity index (χ4v) is 4.86. The van der Waals surface area contributed by atoms with Crippen LogP contribution in [0.15, 0.2) is 73.1 Å². The standard InChI is InChI=1S/C28H28N4O4/c1-28(2)35-17-19(36-28)15-32-26(31-23-11-7-6-10-20(23)27(32)33)22-13-29-24-14-30-25(12-21(22)24)34-16-18-8-4-3-5-9-18/h3-14,19,26,29,31H,15-17H2,1-2H3. The predicted molar refractivity (Wildman–Crippen MR) is 136 cm³/mol. The van der Waals surface area contributed by atoms with Gasteiger partial charge in [0.05, 0.1) is 30.4 Å². The molecule has 6 rings (SSSR count). The summed E-state index contributed by atoms with van der Waals surface area (Å²) in [5, 5.41) is 4.51. The van der Waals surface area contributed by atoms with Crippen LogP contribution in [0, 0.1) is 0 Å². The van der Waals surface area contributed by atoms with Crippen molar-refractivity contribution in [2.75, 3.05) is 18.5 Å². The molecule has 2 unspecified atom stereocenters. The molecule has 1 amide bonds. The van der Waals surface area contributed by atoms with Crippen molar-refractivity contribution in [3.63, 3.8) is 0 Å². The first-order valence-corrected chi connectivity index (χ1v) is 12.1. The Labute approximate surface area is 209 Å². The summed E-state index contributed by atoms with van der Waals surface area (Å²) in [4.78, 5) is 23.3. The number of aromatic nitrogens is 2. The number of H-pyrrole nitrogens is 1. The van der Waals surface area contributed by atoms with Crippen LogP contribution in [0.4, 0.5) is 5.69 Å². The number of anilines is 1. The molecule has 2 aliphatic heterocycles. The fraction of sp³-hybridized carbons (Fsp3) is 0.286. The van der Waals surface area contributed by atoms with Gasteiger partial charge in [0.15, 0.2) is 5.79 Å². The van der Waals surface area contributed by atoms with E-state index in [0.717, 1.165) is 27.7 Å². The largest absolute Gasteiger partial charge is 0.473 e. The van der Waals surface area contributed by atoms with Crippen LogP contribution >= 0.6 is 0 Å². The van der Waals surface area contributed by atoms with Gasteiger partial charge in [-0.2, -0.15) is 0 Å². The van der Waals surface area contributed by atoms with Gasteiger partial charge in [0.25, 0.3) is 5.91 Å². The Morgan fingerprint density at radius 1 is 1.14 bits per heavy atom. The summed E-state index contributed by atoms with van der Waals surface area (Å²) < 4.78 is 17.8. The van der Waals surface area contributed by atoms with Gasteiger partial charge in [-0.1, -0.05) is 42.5 Å². The van der Waals surface area contributed by atoms with E-state index in [4.69, 9.17) is 14.2 Å². The highest BCUT2D eigenvalue weighted by atomic mass is 16.7. The van der Waals surface area contributed by atoms with E-state index in [1.165, 1.54) is 0 Å². The first kappa shape index (κ1) is 22.6. The summed E-state index contributed by atoms with van der Waals surface area (Å²) in [6.07, 6.45) is 3.06. The van der Waals surface area contributed by atoms with Crippen molar-refractivity contribution < 1.29 is 19.0 Å². The van der Waals surface area contributed by atoms with E-state index in [-0.39, 0.29) is 12.0 Å². The average Bonchev–Trinajstić information content (AvgIpc) is 3.47. The maximum atomic E-state index is 13.7. The number of para-hydroxylation sites is 1. The molecule has 1 saturated heterocycles. The quantitative estimate of drug-likeness (QED) is 0.406. The Hall–Kier alpha value is -3.88. The molecule has 2 aromatic carbocycles. The predicted octanol–water partition coefficient (Wildman–Crippen LogP) is 4.86. The van der Waals surface area contributed by atoms with Crippen LogP contribution in [-0.4, -0.2) is 45.8 Å². The minimum Gasteiger partial charge on any atom is -0.473 e. The van der Waals surface area contributed by atoms with Crippen LogP contribution in [-0.2, 0) is 16.1 Å². The summed E-state index contributed by atoms with van der Waals surface area (Å²) in [6.45, 7) is 5.02. The second-order valence-electron chi connectivity index (χ2n) is 9.59. The highest BCUT2D eigenvalue weighted by Gasteiger charge is 2.39. The monoisotopic (exact) mass is 484 g/mol. The van der Waals surface area contributed by atoms with Crippen LogP contribution in [0.25, 0.3) is 10.9 Å². The van der Waals surface area contributed by atoms with Gasteiger partial charge in [0, 0.05) is 28.9 Å². The molecular formula is C28H28N4O4. The zero-order valence-electron chi connectivity index (χ0n) is 20.2. The lowest BCUT2D eigenvalue weighted by Crippen LogP contribution is -2.47. The van der Waals surface area contributed by atoms with Crippen molar-refractivity contribution in [3.8, 4) is 5.88 Å². The normalized spacial score (nSPS) is 20.8. The molecule has 2 aromatic heterocycles. The van der Waals surface area contributed by atoms with Gasteiger partial charge < -0.3 is 29.4 Å². The number of hydrogen-bond donors (Lipinski definition) is 2. The van der Waals surface area contributed by atoms with Gasteiger partial charge in [-0.3, -0.25) is 4.79 Å². The number of ether oxygens (including phenoxy) is 3. The number of rotatable bonds is 6. The van der Waals surface area contributed by atoms with E-state index in [9.17, 15) is 4.79 Å². The van der Waals surface area contributed by atoms with Crippen LogP contribution in [0.1, 0.15) is 41.5 Å². The molecule has 0 aliphatic carbocycles. The van der Waals surface area contributed by atoms with Crippen LogP contribution < -0.4 is 10.1 Å². The molecule has 0 radical (unpaired) electrons. The third kappa shape index (κ3) is 4.29. The Kier molecular flexibility index (Phi) is 5.62. The number of benzene rings is 2. The Morgan fingerprint density at radius 3 is 2.75 bits per heavy atom. The average molecular weight is 485 g/mol. The fourth-order valence-electron chi connectivity index (χ4n) is 4.86. The molecule has 0 bridgehead atoms. The van der Waals surface area contributed by atoms with Crippen molar-refractivity contribution in [2.24, 2.45) is 0 Å². The molecule has 0 saturated carbocycles. The van der Waals surface area contributed by atoms with Crippen molar-refractivity contribution in [3.05, 3.63) is 89.7 Å². The molecule has 2 atom stereocenters. The minimum absolute atomic E-state index is 0.0494. The van der Waals surface area contributed by atoms with Crippen LogP contribution in [0.3, 0.4) is 0 Å². The molecule has 8 nitrogen and oxygen atoms in total. The maximum absolute atomic E-state index is 13.7. The number of fused-ring (bicyclic) bond motifs is 2. The van der Waals surface area contributed by atoms with E-state index in [0.29, 0.717) is 31.2 Å². The second kappa shape index (κ2) is 8.96. The summed E-state index contributed by atoms with van der Waals surface area (Å²) in [6, 6.07) is 19.5. The van der Waals surface area contributed by atoms with Gasteiger partial charge in [-0.25, -0.2) is 4.98 Å². The number of nitrogens with zero attached hydrogens (tertiary/aromatic N) is 2. The number of aromatic amines is 1. The van der Waals surface area contributed by atoms with E-state index in [1.807, 2.05) is 85.6 Å². The number of carbonyl (C=O) groups excluding carboxylic acids is 1. The van der Waals surface area contributed by atoms with Crippen molar-refractivity contribution >= 4 is 22.5 Å². The van der Waals surface area contributed by atoms with Crippen molar-refractivity contribution in [2.45, 2.75) is 38.5 Å². The zero-order chi connectivity index (χ0) is 24.7. The van der Waals surface area contributed by atoms with Crippen LogP contribution in [0.2, 0.25) is 0 Å². The summed E-state index contributed by atoms with van der Waals surface area (Å²) in [5.41, 5.74) is 4.30. The lowest BCUT2D eigenvalue weighted by molar-refractivity contribution is -0.140. The van der Waals surface area contributed by atoms with E-state index < -0.39 is 12.0 Å². The Balaban J connectivity index is 1.33. The second-order valence-corrected chi connectivity index (χ2v) is 9.59. The van der Waals surface area contributed by atoms with Gasteiger partial charge >= 0.3 is 0 Å². The van der Waals surface area contributed by atoms with Gasteiger partial charge in [-0.05, 0) is 31.5 Å². The summed E-state index contributed by atoms with van der Waals surface area (Å²) in [5.74, 6) is -0.191. The first-order chi connectivity index (χ1) is 17.5. The van der Waals surface area contributed by atoms with Gasteiger partial charge in [0.1, 0.15) is 18.9 Å². The lowest BCUT2D eigenvalue weighted by atomic mass is 10.0. The Bertz CT molecular complexity index is 1400. The summed E-state index contributed by atoms with van der Waals surface area (Å²) >= 11 is 0.